The fourth-order valence-electron chi connectivity index (χ4n) is 4.22. The zero-order valence-corrected chi connectivity index (χ0v) is 19.1. The average Bonchev–Trinajstić information content (AvgIpc) is 3.52. The SMILES string of the molecule is CC(=O)N1CC(c2ccc(OC(F)F)c(OCC3CC3)c2)CC1C(=O)NCc1ccc(F)cc1F. The highest BCUT2D eigenvalue weighted by Gasteiger charge is 2.39. The van der Waals surface area contributed by atoms with E-state index in [1.165, 1.54) is 24.0 Å². The van der Waals surface area contributed by atoms with Gasteiger partial charge in [-0.25, -0.2) is 8.78 Å². The highest BCUT2D eigenvalue weighted by Crippen LogP contribution is 2.39. The summed E-state index contributed by atoms with van der Waals surface area (Å²) in [7, 11) is 0. The van der Waals surface area contributed by atoms with E-state index in [9.17, 15) is 27.2 Å². The van der Waals surface area contributed by atoms with Gasteiger partial charge in [-0.15, -0.1) is 0 Å². The van der Waals surface area contributed by atoms with Crippen LogP contribution in [0, 0.1) is 17.6 Å². The second-order valence-electron chi connectivity index (χ2n) is 8.91. The predicted molar refractivity (Wildman–Crippen MR) is 118 cm³/mol. The molecule has 1 saturated carbocycles. The number of amides is 2. The summed E-state index contributed by atoms with van der Waals surface area (Å²) in [5.41, 5.74) is 0.847. The summed E-state index contributed by atoms with van der Waals surface area (Å²) in [4.78, 5) is 26.6. The third kappa shape index (κ3) is 6.23. The summed E-state index contributed by atoms with van der Waals surface area (Å²) in [6.45, 7) is -1.15. The van der Waals surface area contributed by atoms with E-state index in [4.69, 9.17) is 4.74 Å². The van der Waals surface area contributed by atoms with Crippen LogP contribution in [-0.2, 0) is 16.1 Å². The Balaban J connectivity index is 1.47. The Hall–Kier alpha value is -3.30. The van der Waals surface area contributed by atoms with Gasteiger partial charge in [0.25, 0.3) is 0 Å². The minimum atomic E-state index is -3.00. The third-order valence-corrected chi connectivity index (χ3v) is 6.30. The van der Waals surface area contributed by atoms with Gasteiger partial charge < -0.3 is 19.7 Å². The maximum absolute atomic E-state index is 13.9. The first kappa shape index (κ1) is 24.8. The van der Waals surface area contributed by atoms with Crippen LogP contribution in [0.2, 0.25) is 0 Å². The maximum atomic E-state index is 13.9. The number of carbonyl (C=O) groups is 2. The molecule has 0 aromatic heterocycles. The summed E-state index contributed by atoms with van der Waals surface area (Å²) in [6, 6.07) is 6.94. The second-order valence-corrected chi connectivity index (χ2v) is 8.91. The fraction of sp³-hybridized carbons (Fsp3) is 0.440. The van der Waals surface area contributed by atoms with Crippen LogP contribution in [0.3, 0.4) is 0 Å². The number of nitrogens with one attached hydrogen (secondary N) is 1. The number of likely N-dealkylation sites (tertiary alicyclic amines) is 1. The average molecular weight is 494 g/mol. The zero-order chi connectivity index (χ0) is 25.1. The van der Waals surface area contributed by atoms with E-state index in [1.54, 1.807) is 12.1 Å². The van der Waals surface area contributed by atoms with E-state index >= 15 is 0 Å². The standard InChI is InChI=1S/C25H26F4N2O4/c1-14(32)31-12-18(8-21(31)24(33)30-11-17-4-6-19(26)10-20(17)27)16-5-7-22(35-25(28)29)23(9-16)34-13-15-2-3-15/h4-7,9-10,15,18,21,25H,2-3,8,11-13H2,1H3,(H,30,33). The van der Waals surface area contributed by atoms with Crippen LogP contribution < -0.4 is 14.8 Å². The quantitative estimate of drug-likeness (QED) is 0.526. The Morgan fingerprint density at radius 1 is 1.11 bits per heavy atom. The Bertz CT molecular complexity index is 1090. The van der Waals surface area contributed by atoms with Crippen LogP contribution in [0.25, 0.3) is 0 Å². The normalized spacial score (nSPS) is 19.7. The summed E-state index contributed by atoms with van der Waals surface area (Å²) in [6.07, 6.45) is 2.34. The number of carbonyl (C=O) groups excluding carboxylic acids is 2. The fourth-order valence-corrected chi connectivity index (χ4v) is 4.22. The third-order valence-electron chi connectivity index (χ3n) is 6.30. The van der Waals surface area contributed by atoms with E-state index in [0.29, 0.717) is 12.5 Å². The molecule has 10 heteroatoms. The Morgan fingerprint density at radius 2 is 1.89 bits per heavy atom. The number of benzene rings is 2. The van der Waals surface area contributed by atoms with Gasteiger partial charge in [0.15, 0.2) is 11.5 Å². The van der Waals surface area contributed by atoms with Gasteiger partial charge in [0.2, 0.25) is 11.8 Å². The Morgan fingerprint density at radius 3 is 2.54 bits per heavy atom. The zero-order valence-electron chi connectivity index (χ0n) is 19.1. The van der Waals surface area contributed by atoms with Gasteiger partial charge in [0, 0.05) is 37.6 Å². The van der Waals surface area contributed by atoms with E-state index in [2.05, 4.69) is 10.1 Å². The molecule has 0 radical (unpaired) electrons. The highest BCUT2D eigenvalue weighted by molar-refractivity contribution is 5.87. The van der Waals surface area contributed by atoms with Crippen molar-refractivity contribution in [1.29, 1.82) is 0 Å². The number of alkyl halides is 2. The predicted octanol–water partition coefficient (Wildman–Crippen LogP) is 4.38. The Kier molecular flexibility index (Phi) is 7.47. The van der Waals surface area contributed by atoms with E-state index in [-0.39, 0.29) is 48.4 Å². The molecule has 2 unspecified atom stereocenters. The number of hydrogen-bond acceptors (Lipinski definition) is 4. The van der Waals surface area contributed by atoms with Crippen molar-refractivity contribution in [3.8, 4) is 11.5 Å². The van der Waals surface area contributed by atoms with E-state index in [1.807, 2.05) is 0 Å². The molecule has 2 atom stereocenters. The minimum Gasteiger partial charge on any atom is -0.489 e. The topological polar surface area (TPSA) is 67.9 Å². The number of hydrogen-bond donors (Lipinski definition) is 1. The molecule has 2 aromatic carbocycles. The number of ether oxygens (including phenoxy) is 2. The van der Waals surface area contributed by atoms with Gasteiger partial charge in [0.1, 0.15) is 17.7 Å². The van der Waals surface area contributed by atoms with Crippen molar-refractivity contribution in [2.75, 3.05) is 13.2 Å². The number of halogens is 4. The molecule has 6 nitrogen and oxygen atoms in total. The van der Waals surface area contributed by atoms with Crippen molar-refractivity contribution in [3.63, 3.8) is 0 Å². The van der Waals surface area contributed by atoms with Crippen molar-refractivity contribution in [2.24, 2.45) is 5.92 Å². The molecule has 4 rings (SSSR count). The van der Waals surface area contributed by atoms with Gasteiger partial charge in [-0.1, -0.05) is 12.1 Å². The lowest BCUT2D eigenvalue weighted by Crippen LogP contribution is -2.45. The van der Waals surface area contributed by atoms with Crippen molar-refractivity contribution in [1.82, 2.24) is 10.2 Å². The minimum absolute atomic E-state index is 0.0681. The lowest BCUT2D eigenvalue weighted by Gasteiger charge is -2.22. The molecule has 2 fully saturated rings. The van der Waals surface area contributed by atoms with Crippen LogP contribution in [0.4, 0.5) is 17.6 Å². The molecule has 0 spiro atoms. The molecular formula is C25H26F4N2O4. The lowest BCUT2D eigenvalue weighted by molar-refractivity contribution is -0.136. The molecule has 2 aliphatic rings. The molecule has 1 heterocycles. The van der Waals surface area contributed by atoms with E-state index in [0.717, 1.165) is 30.5 Å². The number of rotatable bonds is 9. The number of nitrogens with zero attached hydrogens (tertiary/aromatic N) is 1. The second kappa shape index (κ2) is 10.5. The van der Waals surface area contributed by atoms with Gasteiger partial charge in [-0.2, -0.15) is 8.78 Å². The van der Waals surface area contributed by atoms with Gasteiger partial charge >= 0.3 is 6.61 Å². The lowest BCUT2D eigenvalue weighted by atomic mass is 9.95. The largest absolute Gasteiger partial charge is 0.489 e. The molecule has 2 aromatic rings. The molecule has 2 amide bonds. The van der Waals surface area contributed by atoms with E-state index < -0.39 is 30.2 Å². The first-order valence-corrected chi connectivity index (χ1v) is 11.4. The molecule has 1 aliphatic carbocycles. The Labute approximate surface area is 200 Å². The smallest absolute Gasteiger partial charge is 0.387 e. The molecular weight excluding hydrogens is 468 g/mol. The van der Waals surface area contributed by atoms with Crippen LogP contribution in [0.15, 0.2) is 36.4 Å². The summed E-state index contributed by atoms with van der Waals surface area (Å²) in [5.74, 6) is -1.98. The summed E-state index contributed by atoms with van der Waals surface area (Å²) < 4.78 is 63.0. The van der Waals surface area contributed by atoms with Crippen LogP contribution in [0.5, 0.6) is 11.5 Å². The van der Waals surface area contributed by atoms with Crippen molar-refractivity contribution in [2.45, 2.75) is 51.3 Å². The summed E-state index contributed by atoms with van der Waals surface area (Å²) >= 11 is 0. The van der Waals surface area contributed by atoms with Crippen molar-refractivity contribution < 1.29 is 36.6 Å². The van der Waals surface area contributed by atoms with Crippen LogP contribution in [-0.4, -0.2) is 42.5 Å². The van der Waals surface area contributed by atoms with Gasteiger partial charge in [0.05, 0.1) is 6.61 Å². The van der Waals surface area contributed by atoms with Gasteiger partial charge in [-0.3, -0.25) is 9.59 Å². The molecule has 35 heavy (non-hydrogen) atoms. The molecule has 0 bridgehead atoms. The van der Waals surface area contributed by atoms with Crippen LogP contribution >= 0.6 is 0 Å². The molecule has 188 valence electrons. The van der Waals surface area contributed by atoms with Gasteiger partial charge in [-0.05, 0) is 48.9 Å². The summed E-state index contributed by atoms with van der Waals surface area (Å²) in [5, 5.41) is 2.62. The van der Waals surface area contributed by atoms with Crippen LogP contribution in [0.1, 0.15) is 43.2 Å². The highest BCUT2D eigenvalue weighted by atomic mass is 19.3. The molecule has 1 aliphatic heterocycles. The van der Waals surface area contributed by atoms with Crippen molar-refractivity contribution >= 4 is 11.8 Å². The maximum Gasteiger partial charge on any atom is 0.387 e. The van der Waals surface area contributed by atoms with Crippen molar-refractivity contribution in [3.05, 3.63) is 59.2 Å². The first-order chi connectivity index (χ1) is 16.7. The monoisotopic (exact) mass is 494 g/mol. The first-order valence-electron chi connectivity index (χ1n) is 11.4. The molecule has 1 saturated heterocycles. The molecule has 1 N–H and O–H groups in total.